The molecule has 0 heterocycles. The number of carbonyl (C=O) groups is 1. The maximum atomic E-state index is 15.2. The molecule has 0 amide bonds. The van der Waals surface area contributed by atoms with Gasteiger partial charge in [-0.2, -0.15) is 8.78 Å². The van der Waals surface area contributed by atoms with Crippen molar-refractivity contribution in [2.24, 2.45) is 0 Å². The molecule has 10 heteroatoms. The van der Waals surface area contributed by atoms with E-state index in [1.807, 2.05) is 13.8 Å². The van der Waals surface area contributed by atoms with Gasteiger partial charge in [-0.15, -0.1) is 0 Å². The highest BCUT2D eigenvalue weighted by Crippen LogP contribution is 2.37. The summed E-state index contributed by atoms with van der Waals surface area (Å²) >= 11 is 0. The molecule has 0 saturated carbocycles. The predicted molar refractivity (Wildman–Crippen MR) is 150 cm³/mol. The van der Waals surface area contributed by atoms with Crippen LogP contribution in [0.1, 0.15) is 74.7 Å². The number of halogens is 6. The molecule has 4 nitrogen and oxygen atoms in total. The SMILES string of the molecule is CCCCOc1ccc(C(=O)OC2CC=C(c3ccc(-c4ccc(OCCCC)c(F)c4F)c(F)c3F)CC2)c(F)c1F. The summed E-state index contributed by atoms with van der Waals surface area (Å²) < 4.78 is 104. The summed E-state index contributed by atoms with van der Waals surface area (Å²) in [6.45, 7) is 4.23. The molecular weight excluding hydrogens is 574 g/mol. The maximum Gasteiger partial charge on any atom is 0.341 e. The number of carbonyl (C=O) groups excluding carboxylic acids is 1. The average Bonchev–Trinajstić information content (AvgIpc) is 3.00. The highest BCUT2D eigenvalue weighted by atomic mass is 19.2. The third kappa shape index (κ3) is 7.17. The van der Waals surface area contributed by atoms with Gasteiger partial charge in [-0.25, -0.2) is 22.4 Å². The minimum Gasteiger partial charge on any atom is -0.490 e. The van der Waals surface area contributed by atoms with Crippen molar-refractivity contribution in [3.63, 3.8) is 0 Å². The van der Waals surface area contributed by atoms with Gasteiger partial charge in [0.05, 0.1) is 18.8 Å². The molecule has 43 heavy (non-hydrogen) atoms. The second-order valence-corrected chi connectivity index (χ2v) is 10.2. The molecule has 0 spiro atoms. The summed E-state index contributed by atoms with van der Waals surface area (Å²) in [6, 6.07) is 7.02. The van der Waals surface area contributed by atoms with Crippen LogP contribution in [-0.4, -0.2) is 25.3 Å². The fourth-order valence-corrected chi connectivity index (χ4v) is 4.69. The normalized spacial score (nSPS) is 14.8. The number of esters is 1. The zero-order valence-electron chi connectivity index (χ0n) is 23.9. The van der Waals surface area contributed by atoms with Crippen molar-refractivity contribution in [2.45, 2.75) is 64.9 Å². The van der Waals surface area contributed by atoms with Crippen molar-refractivity contribution in [1.82, 2.24) is 0 Å². The van der Waals surface area contributed by atoms with Gasteiger partial charge in [-0.05, 0) is 55.5 Å². The molecule has 3 aromatic rings. The molecular formula is C33H32F6O4. The number of hydrogen-bond acceptors (Lipinski definition) is 4. The van der Waals surface area contributed by atoms with E-state index in [0.29, 0.717) is 18.4 Å². The average molecular weight is 607 g/mol. The summed E-state index contributed by atoms with van der Waals surface area (Å²) in [7, 11) is 0. The Morgan fingerprint density at radius 3 is 1.79 bits per heavy atom. The molecule has 1 atom stereocenters. The largest absolute Gasteiger partial charge is 0.490 e. The molecule has 0 N–H and O–H groups in total. The highest BCUT2D eigenvalue weighted by Gasteiger charge is 2.27. The topological polar surface area (TPSA) is 44.8 Å². The van der Waals surface area contributed by atoms with Crippen LogP contribution < -0.4 is 9.47 Å². The van der Waals surface area contributed by atoms with E-state index < -0.39 is 63.7 Å². The third-order valence-corrected chi connectivity index (χ3v) is 7.18. The lowest BCUT2D eigenvalue weighted by molar-refractivity contribution is 0.0278. The Bertz CT molecular complexity index is 1500. The minimum absolute atomic E-state index is 0.0711. The zero-order valence-corrected chi connectivity index (χ0v) is 23.9. The summed E-state index contributed by atoms with van der Waals surface area (Å²) in [5.41, 5.74) is -1.12. The summed E-state index contributed by atoms with van der Waals surface area (Å²) in [5.74, 6) is -9.54. The smallest absolute Gasteiger partial charge is 0.341 e. The Kier molecular flexibility index (Phi) is 10.8. The molecule has 1 unspecified atom stereocenters. The van der Waals surface area contributed by atoms with Crippen molar-refractivity contribution >= 4 is 11.5 Å². The molecule has 3 aromatic carbocycles. The lowest BCUT2D eigenvalue weighted by Gasteiger charge is -2.23. The Morgan fingerprint density at radius 2 is 1.21 bits per heavy atom. The van der Waals surface area contributed by atoms with E-state index in [1.54, 1.807) is 6.08 Å². The van der Waals surface area contributed by atoms with Gasteiger partial charge in [0.15, 0.2) is 34.8 Å². The monoisotopic (exact) mass is 606 g/mol. The molecule has 4 rings (SSSR count). The van der Waals surface area contributed by atoms with Gasteiger partial charge in [-0.1, -0.05) is 44.9 Å². The summed E-state index contributed by atoms with van der Waals surface area (Å²) in [4.78, 5) is 12.6. The predicted octanol–water partition coefficient (Wildman–Crippen LogP) is 9.34. The number of rotatable bonds is 12. The lowest BCUT2D eigenvalue weighted by atomic mass is 9.90. The van der Waals surface area contributed by atoms with Crippen molar-refractivity contribution in [3.8, 4) is 22.6 Å². The molecule has 230 valence electrons. The van der Waals surface area contributed by atoms with Gasteiger partial charge in [0.25, 0.3) is 0 Å². The van der Waals surface area contributed by atoms with E-state index in [2.05, 4.69) is 0 Å². The fraction of sp³-hybridized carbons (Fsp3) is 0.364. The van der Waals surface area contributed by atoms with E-state index >= 15 is 8.78 Å². The quantitative estimate of drug-likeness (QED) is 0.117. The van der Waals surface area contributed by atoms with Crippen molar-refractivity contribution in [1.29, 1.82) is 0 Å². The maximum absolute atomic E-state index is 15.2. The molecule has 0 radical (unpaired) electrons. The van der Waals surface area contributed by atoms with Crippen molar-refractivity contribution < 1.29 is 45.3 Å². The van der Waals surface area contributed by atoms with Crippen LogP contribution in [0.3, 0.4) is 0 Å². The second kappa shape index (κ2) is 14.5. The van der Waals surface area contributed by atoms with Crippen LogP contribution in [0.4, 0.5) is 26.3 Å². The van der Waals surface area contributed by atoms with E-state index in [1.165, 1.54) is 24.3 Å². The number of benzene rings is 3. The molecule has 0 saturated heterocycles. The van der Waals surface area contributed by atoms with Crippen LogP contribution in [0.15, 0.2) is 42.5 Å². The van der Waals surface area contributed by atoms with Gasteiger partial charge in [-0.3, -0.25) is 0 Å². The van der Waals surface area contributed by atoms with Crippen LogP contribution in [0.5, 0.6) is 11.5 Å². The first kappa shape index (κ1) is 32.0. The van der Waals surface area contributed by atoms with Gasteiger partial charge in [0.1, 0.15) is 6.10 Å². The van der Waals surface area contributed by atoms with E-state index in [9.17, 15) is 22.4 Å². The van der Waals surface area contributed by atoms with Crippen LogP contribution in [0, 0.1) is 34.9 Å². The first-order valence-electron chi connectivity index (χ1n) is 14.3. The first-order chi connectivity index (χ1) is 20.7. The van der Waals surface area contributed by atoms with Gasteiger partial charge >= 0.3 is 5.97 Å². The molecule has 0 aliphatic heterocycles. The number of ether oxygens (including phenoxy) is 3. The number of unbranched alkanes of at least 4 members (excludes halogenated alkanes) is 2. The minimum atomic E-state index is -1.38. The zero-order chi connectivity index (χ0) is 31.1. The first-order valence-corrected chi connectivity index (χ1v) is 14.3. The molecule has 0 bridgehead atoms. The molecule has 0 aromatic heterocycles. The van der Waals surface area contributed by atoms with Gasteiger partial charge < -0.3 is 14.2 Å². The Labute approximate surface area is 246 Å². The fourth-order valence-electron chi connectivity index (χ4n) is 4.69. The molecule has 1 aliphatic rings. The van der Waals surface area contributed by atoms with E-state index in [0.717, 1.165) is 25.0 Å². The van der Waals surface area contributed by atoms with Gasteiger partial charge in [0.2, 0.25) is 11.6 Å². The number of hydrogen-bond donors (Lipinski definition) is 0. The summed E-state index contributed by atoms with van der Waals surface area (Å²) in [6.07, 6.45) is 4.27. The van der Waals surface area contributed by atoms with Crippen LogP contribution in [0.2, 0.25) is 0 Å². The van der Waals surface area contributed by atoms with Crippen LogP contribution >= 0.6 is 0 Å². The van der Waals surface area contributed by atoms with E-state index in [4.69, 9.17) is 14.2 Å². The van der Waals surface area contributed by atoms with Crippen LogP contribution in [-0.2, 0) is 4.74 Å². The Balaban J connectivity index is 1.45. The third-order valence-electron chi connectivity index (χ3n) is 7.18. The number of allylic oxidation sites excluding steroid dienone is 1. The lowest BCUT2D eigenvalue weighted by Crippen LogP contribution is -2.21. The standard InChI is InChI=1S/C33H32F6O4/c1-3-5-17-41-25-15-13-23(29(36)31(25)38)22-12-11-21(27(34)28(22)35)19-7-9-20(10-8-19)43-33(40)24-14-16-26(32(39)30(24)37)42-18-6-4-2/h7,11-16,20H,3-6,8-10,17-18H2,1-2H3. The van der Waals surface area contributed by atoms with Crippen molar-refractivity contribution in [2.75, 3.05) is 13.2 Å². The van der Waals surface area contributed by atoms with E-state index in [-0.39, 0.29) is 49.5 Å². The molecule has 1 aliphatic carbocycles. The van der Waals surface area contributed by atoms with Gasteiger partial charge in [0, 0.05) is 23.1 Å². The van der Waals surface area contributed by atoms with Crippen LogP contribution in [0.25, 0.3) is 16.7 Å². The Morgan fingerprint density at radius 1 is 0.698 bits per heavy atom. The Hall–Kier alpha value is -3.95. The summed E-state index contributed by atoms with van der Waals surface area (Å²) in [5, 5.41) is 0. The highest BCUT2D eigenvalue weighted by molar-refractivity contribution is 5.90. The second-order valence-electron chi connectivity index (χ2n) is 10.2. The van der Waals surface area contributed by atoms with Crippen molar-refractivity contribution in [3.05, 3.63) is 88.5 Å². The molecule has 0 fully saturated rings.